The van der Waals surface area contributed by atoms with E-state index in [-0.39, 0.29) is 23.5 Å². The molecule has 6 heteroatoms. The van der Waals surface area contributed by atoms with Crippen LogP contribution >= 0.6 is 23.2 Å². The molecular formula is C13H17Cl2NO3. The van der Waals surface area contributed by atoms with E-state index in [1.165, 1.54) is 0 Å². The Morgan fingerprint density at radius 2 is 2.11 bits per heavy atom. The molecule has 0 fully saturated rings. The highest BCUT2D eigenvalue weighted by molar-refractivity contribution is 6.42. The van der Waals surface area contributed by atoms with E-state index in [9.17, 15) is 4.79 Å². The van der Waals surface area contributed by atoms with Gasteiger partial charge in [0.1, 0.15) is 10.8 Å². The van der Waals surface area contributed by atoms with E-state index in [0.29, 0.717) is 17.3 Å². The summed E-state index contributed by atoms with van der Waals surface area (Å²) in [6.07, 6.45) is -0.693. The Hall–Kier alpha value is -0.970. The molecule has 0 aliphatic carbocycles. The Balaban J connectivity index is 2.56. The molecule has 1 aromatic rings. The summed E-state index contributed by atoms with van der Waals surface area (Å²) < 4.78 is 5.46. The summed E-state index contributed by atoms with van der Waals surface area (Å²) in [5, 5.41) is 12.2. The predicted molar refractivity (Wildman–Crippen MR) is 75.8 cm³/mol. The topological polar surface area (TPSA) is 58.6 Å². The molecule has 1 amide bonds. The van der Waals surface area contributed by atoms with Crippen LogP contribution in [0.1, 0.15) is 13.8 Å². The lowest BCUT2D eigenvalue weighted by Gasteiger charge is -2.17. The quantitative estimate of drug-likeness (QED) is 0.849. The molecule has 2 atom stereocenters. The molecule has 2 unspecified atom stereocenters. The molecule has 0 spiro atoms. The largest absolute Gasteiger partial charge is 0.479 e. The Labute approximate surface area is 122 Å². The molecule has 106 valence electrons. The molecule has 0 heterocycles. The van der Waals surface area contributed by atoms with Crippen LogP contribution in [0.4, 0.5) is 0 Å². The van der Waals surface area contributed by atoms with Crippen molar-refractivity contribution in [1.29, 1.82) is 0 Å². The van der Waals surface area contributed by atoms with E-state index in [2.05, 4.69) is 5.32 Å². The number of benzene rings is 1. The van der Waals surface area contributed by atoms with Crippen molar-refractivity contribution in [2.45, 2.75) is 20.0 Å². The van der Waals surface area contributed by atoms with Crippen molar-refractivity contribution in [3.63, 3.8) is 0 Å². The van der Waals surface area contributed by atoms with Gasteiger partial charge < -0.3 is 15.2 Å². The third kappa shape index (κ3) is 4.90. The lowest BCUT2D eigenvalue weighted by molar-refractivity contribution is -0.127. The first kappa shape index (κ1) is 16.1. The number of halogens is 2. The number of ether oxygens (including phenoxy) is 1. The molecule has 0 radical (unpaired) electrons. The number of hydrogen-bond acceptors (Lipinski definition) is 3. The van der Waals surface area contributed by atoms with Crippen molar-refractivity contribution >= 4 is 29.1 Å². The predicted octanol–water partition coefficient (Wildman–Crippen LogP) is 2.51. The third-order valence-corrected chi connectivity index (χ3v) is 3.33. The maximum absolute atomic E-state index is 11.8. The molecule has 0 saturated carbocycles. The van der Waals surface area contributed by atoms with E-state index in [1.54, 1.807) is 25.1 Å². The van der Waals surface area contributed by atoms with Crippen LogP contribution in [0.5, 0.6) is 5.75 Å². The van der Waals surface area contributed by atoms with Crippen molar-refractivity contribution in [1.82, 2.24) is 5.32 Å². The molecule has 0 saturated heterocycles. The van der Waals surface area contributed by atoms with Crippen LogP contribution < -0.4 is 10.1 Å². The maximum atomic E-state index is 11.8. The van der Waals surface area contributed by atoms with Crippen molar-refractivity contribution < 1.29 is 14.6 Å². The fraction of sp³-hybridized carbons (Fsp3) is 0.462. The van der Waals surface area contributed by atoms with Gasteiger partial charge in [-0.05, 0) is 25.0 Å². The number of amides is 1. The van der Waals surface area contributed by atoms with Crippen LogP contribution in [0.2, 0.25) is 10.0 Å². The second-order valence-corrected chi connectivity index (χ2v) is 5.13. The number of carbonyl (C=O) groups excluding carboxylic acids is 1. The van der Waals surface area contributed by atoms with Gasteiger partial charge in [-0.1, -0.05) is 36.2 Å². The van der Waals surface area contributed by atoms with Gasteiger partial charge in [-0.25, -0.2) is 0 Å². The second-order valence-electron chi connectivity index (χ2n) is 4.34. The molecule has 4 nitrogen and oxygen atoms in total. The summed E-state index contributed by atoms with van der Waals surface area (Å²) in [5.41, 5.74) is 0. The van der Waals surface area contributed by atoms with Crippen LogP contribution in [0.3, 0.4) is 0 Å². The molecule has 19 heavy (non-hydrogen) atoms. The number of hydrogen-bond donors (Lipinski definition) is 2. The number of aliphatic hydroxyl groups is 1. The SMILES string of the molecule is CC(CO)CNC(=O)C(C)Oc1cccc(Cl)c1Cl. The van der Waals surface area contributed by atoms with Crippen molar-refractivity contribution in [3.05, 3.63) is 28.2 Å². The van der Waals surface area contributed by atoms with Crippen LogP contribution in [0.15, 0.2) is 18.2 Å². The van der Waals surface area contributed by atoms with E-state index < -0.39 is 6.10 Å². The molecule has 1 aromatic carbocycles. The molecular weight excluding hydrogens is 289 g/mol. The maximum Gasteiger partial charge on any atom is 0.260 e. The third-order valence-electron chi connectivity index (χ3n) is 2.53. The molecule has 0 bridgehead atoms. The zero-order valence-corrected chi connectivity index (χ0v) is 12.3. The summed E-state index contributed by atoms with van der Waals surface area (Å²) in [7, 11) is 0. The minimum absolute atomic E-state index is 0.00547. The highest BCUT2D eigenvalue weighted by atomic mass is 35.5. The Morgan fingerprint density at radius 3 is 2.74 bits per heavy atom. The van der Waals surface area contributed by atoms with Crippen molar-refractivity contribution in [3.8, 4) is 5.75 Å². The summed E-state index contributed by atoms with van der Waals surface area (Å²) >= 11 is 11.8. The monoisotopic (exact) mass is 305 g/mol. The number of nitrogens with one attached hydrogen (secondary N) is 1. The van der Waals surface area contributed by atoms with Gasteiger partial charge in [0.25, 0.3) is 5.91 Å². The van der Waals surface area contributed by atoms with Gasteiger partial charge in [-0.2, -0.15) is 0 Å². The van der Waals surface area contributed by atoms with E-state index >= 15 is 0 Å². The van der Waals surface area contributed by atoms with Gasteiger partial charge in [-0.15, -0.1) is 0 Å². The molecule has 2 N–H and O–H groups in total. The lowest BCUT2D eigenvalue weighted by atomic mass is 10.2. The minimum atomic E-state index is -0.693. The number of rotatable bonds is 6. The summed E-state index contributed by atoms with van der Waals surface area (Å²) in [4.78, 5) is 11.8. The Morgan fingerprint density at radius 1 is 1.42 bits per heavy atom. The van der Waals surface area contributed by atoms with E-state index in [1.807, 2.05) is 6.92 Å². The van der Waals surface area contributed by atoms with Gasteiger partial charge in [0, 0.05) is 13.2 Å². The fourth-order valence-corrected chi connectivity index (χ4v) is 1.64. The van der Waals surface area contributed by atoms with E-state index in [0.717, 1.165) is 0 Å². The average Bonchev–Trinajstić information content (AvgIpc) is 2.40. The Kier molecular flexibility index (Phi) is 6.42. The fourth-order valence-electron chi connectivity index (χ4n) is 1.30. The van der Waals surface area contributed by atoms with Crippen LogP contribution in [0.25, 0.3) is 0 Å². The zero-order valence-electron chi connectivity index (χ0n) is 10.8. The first-order chi connectivity index (χ1) is 8.95. The van der Waals surface area contributed by atoms with E-state index in [4.69, 9.17) is 33.0 Å². The second kappa shape index (κ2) is 7.58. The minimum Gasteiger partial charge on any atom is -0.479 e. The van der Waals surface area contributed by atoms with Crippen molar-refractivity contribution in [2.24, 2.45) is 5.92 Å². The number of carbonyl (C=O) groups is 1. The number of aliphatic hydroxyl groups excluding tert-OH is 1. The lowest BCUT2D eigenvalue weighted by Crippen LogP contribution is -2.39. The summed E-state index contributed by atoms with van der Waals surface area (Å²) in [6, 6.07) is 4.99. The molecule has 1 rings (SSSR count). The van der Waals surface area contributed by atoms with Gasteiger partial charge in [0.2, 0.25) is 0 Å². The average molecular weight is 306 g/mol. The smallest absolute Gasteiger partial charge is 0.260 e. The van der Waals surface area contributed by atoms with Crippen LogP contribution in [0, 0.1) is 5.92 Å². The van der Waals surface area contributed by atoms with Gasteiger partial charge in [-0.3, -0.25) is 4.79 Å². The Bertz CT molecular complexity index is 440. The first-order valence-electron chi connectivity index (χ1n) is 5.95. The van der Waals surface area contributed by atoms with Crippen LogP contribution in [-0.2, 0) is 4.79 Å². The van der Waals surface area contributed by atoms with Crippen LogP contribution in [-0.4, -0.2) is 30.3 Å². The standard InChI is InChI=1S/C13H17Cl2NO3/c1-8(7-17)6-16-13(18)9(2)19-11-5-3-4-10(14)12(11)15/h3-5,8-9,17H,6-7H2,1-2H3,(H,16,18). The normalized spacial score (nSPS) is 13.7. The highest BCUT2D eigenvalue weighted by Gasteiger charge is 2.17. The molecule has 0 aromatic heterocycles. The molecule has 0 aliphatic heterocycles. The van der Waals surface area contributed by atoms with Gasteiger partial charge in [0.05, 0.1) is 5.02 Å². The first-order valence-corrected chi connectivity index (χ1v) is 6.70. The molecule has 0 aliphatic rings. The zero-order chi connectivity index (χ0) is 14.4. The van der Waals surface area contributed by atoms with Crippen molar-refractivity contribution in [2.75, 3.05) is 13.2 Å². The summed E-state index contributed by atoms with van der Waals surface area (Å²) in [6.45, 7) is 3.87. The highest BCUT2D eigenvalue weighted by Crippen LogP contribution is 2.32. The van der Waals surface area contributed by atoms with Gasteiger partial charge >= 0.3 is 0 Å². The van der Waals surface area contributed by atoms with Gasteiger partial charge in [0.15, 0.2) is 6.10 Å². The summed E-state index contributed by atoms with van der Waals surface area (Å²) in [5.74, 6) is 0.106.